The van der Waals surface area contributed by atoms with E-state index in [0.717, 1.165) is 44.6 Å². The summed E-state index contributed by atoms with van der Waals surface area (Å²) >= 11 is 1.56. The van der Waals surface area contributed by atoms with Crippen LogP contribution in [0.25, 0.3) is 5.00 Å². The van der Waals surface area contributed by atoms with Gasteiger partial charge in [0.2, 0.25) is 20.0 Å². The summed E-state index contributed by atoms with van der Waals surface area (Å²) in [6.07, 6.45) is 5.90. The normalized spacial score (nSPS) is 19.3. The second-order valence-corrected chi connectivity index (χ2v) is 15.5. The zero-order valence-electron chi connectivity index (χ0n) is 24.4. The SMILES string of the molecule is Cc1sc2c(c1C)C(c1ccc(C3C=CC(NS(C)(=O)=O)(NS(C)(=O)=O)C(C#N)=C3)cc1)=NC(CC(=O)O)c1nnc(C)n1-2. The molecule has 0 saturated carbocycles. The molecule has 0 fully saturated rings. The van der Waals surface area contributed by atoms with Crippen molar-refractivity contribution in [3.05, 3.63) is 86.8 Å². The van der Waals surface area contributed by atoms with Crippen molar-refractivity contribution in [1.82, 2.24) is 24.2 Å². The van der Waals surface area contributed by atoms with Crippen molar-refractivity contribution in [2.75, 3.05) is 12.5 Å². The second-order valence-electron chi connectivity index (χ2n) is 10.8. The lowest BCUT2D eigenvalue weighted by molar-refractivity contribution is -0.137. The quantitative estimate of drug-likeness (QED) is 0.241. The molecule has 44 heavy (non-hydrogen) atoms. The molecule has 13 nitrogen and oxygen atoms in total. The number of benzene rings is 1. The fourth-order valence-corrected chi connectivity index (χ4v) is 8.28. The highest BCUT2D eigenvalue weighted by Gasteiger charge is 2.40. The van der Waals surface area contributed by atoms with Gasteiger partial charge in [-0.2, -0.15) is 14.7 Å². The number of fused-ring (bicyclic) bond motifs is 3. The average molecular weight is 656 g/mol. The Morgan fingerprint density at radius 2 is 1.73 bits per heavy atom. The van der Waals surface area contributed by atoms with Crippen molar-refractivity contribution in [2.45, 2.75) is 44.8 Å². The van der Waals surface area contributed by atoms with E-state index in [4.69, 9.17) is 4.99 Å². The van der Waals surface area contributed by atoms with E-state index in [9.17, 15) is 32.0 Å². The molecule has 230 valence electrons. The van der Waals surface area contributed by atoms with Crippen LogP contribution in [-0.2, 0) is 24.8 Å². The van der Waals surface area contributed by atoms with Crippen LogP contribution in [-0.4, -0.2) is 66.6 Å². The van der Waals surface area contributed by atoms with Gasteiger partial charge in [-0.05, 0) is 38.0 Å². The van der Waals surface area contributed by atoms with Crippen molar-refractivity contribution >= 4 is 43.1 Å². The Morgan fingerprint density at radius 3 is 2.30 bits per heavy atom. The number of aliphatic imine (C=N–C) groups is 1. The van der Waals surface area contributed by atoms with Gasteiger partial charge in [0, 0.05) is 21.9 Å². The van der Waals surface area contributed by atoms with Crippen LogP contribution in [0.5, 0.6) is 0 Å². The molecule has 16 heteroatoms. The minimum atomic E-state index is -3.94. The molecule has 0 spiro atoms. The lowest BCUT2D eigenvalue weighted by Crippen LogP contribution is -2.60. The number of allylic oxidation sites excluding steroid dienone is 2. The number of sulfonamides is 2. The molecular formula is C28H29N7O6S3. The standard InChI is InChI=1S/C28H29N7O6S3/c1-15-16(2)42-27-24(15)25(30-22(13-23(36)37)26-32-31-17(3)35(26)27)19-8-6-18(7-9-19)20-10-11-28(21(12-20)14-29,33-43(4,38)39)34-44(5,40)41/h6-12,20,22,33-34H,13H2,1-5H3,(H,36,37). The number of hydrogen-bond donors (Lipinski definition) is 3. The number of nitriles is 1. The minimum Gasteiger partial charge on any atom is -0.481 e. The summed E-state index contributed by atoms with van der Waals surface area (Å²) in [5.41, 5.74) is 1.86. The fourth-order valence-electron chi connectivity index (χ4n) is 5.37. The van der Waals surface area contributed by atoms with Gasteiger partial charge in [-0.25, -0.2) is 16.8 Å². The van der Waals surface area contributed by atoms with Crippen molar-refractivity contribution < 1.29 is 26.7 Å². The first-order chi connectivity index (χ1) is 20.5. The smallest absolute Gasteiger partial charge is 0.306 e. The minimum absolute atomic E-state index is 0.137. The lowest BCUT2D eigenvalue weighted by atomic mass is 9.85. The lowest BCUT2D eigenvalue weighted by Gasteiger charge is -2.34. The molecule has 3 aromatic rings. The fraction of sp³-hybridized carbons (Fsp3) is 0.321. The number of thiophene rings is 1. The summed E-state index contributed by atoms with van der Waals surface area (Å²) in [4.78, 5) is 17.8. The molecule has 2 atom stereocenters. The first-order valence-electron chi connectivity index (χ1n) is 13.2. The Bertz CT molecular complexity index is 2000. The molecular weight excluding hydrogens is 627 g/mol. The van der Waals surface area contributed by atoms with Crippen molar-refractivity contribution in [3.63, 3.8) is 0 Å². The predicted octanol–water partition coefficient (Wildman–Crippen LogP) is 2.52. The van der Waals surface area contributed by atoms with E-state index in [1.807, 2.05) is 55.7 Å². The highest BCUT2D eigenvalue weighted by molar-refractivity contribution is 7.89. The number of carboxylic acids is 1. The summed E-state index contributed by atoms with van der Waals surface area (Å²) in [5, 5.41) is 28.9. The summed E-state index contributed by atoms with van der Waals surface area (Å²) in [5.74, 6) is -0.422. The third-order valence-electron chi connectivity index (χ3n) is 7.31. The maximum atomic E-state index is 12.1. The molecule has 0 saturated heterocycles. The third-order valence-corrected chi connectivity index (χ3v) is 9.89. The van der Waals surface area contributed by atoms with Gasteiger partial charge in [0.25, 0.3) is 0 Å². The summed E-state index contributed by atoms with van der Waals surface area (Å²) in [6, 6.07) is 8.52. The largest absolute Gasteiger partial charge is 0.481 e. The molecule has 2 aromatic heterocycles. The van der Waals surface area contributed by atoms with E-state index < -0.39 is 43.6 Å². The van der Waals surface area contributed by atoms with Crippen molar-refractivity contribution in [1.29, 1.82) is 5.26 Å². The number of hydrogen-bond acceptors (Lipinski definition) is 10. The van der Waals surface area contributed by atoms with Crippen LogP contribution >= 0.6 is 11.3 Å². The molecule has 0 amide bonds. The number of aliphatic carboxylic acids is 1. The van der Waals surface area contributed by atoms with Crippen LogP contribution in [0.4, 0.5) is 0 Å². The average Bonchev–Trinajstić information content (AvgIpc) is 3.39. The van der Waals surface area contributed by atoms with E-state index >= 15 is 0 Å². The number of carboxylic acid groups (broad SMARTS) is 1. The van der Waals surface area contributed by atoms with Gasteiger partial charge in [-0.3, -0.25) is 14.4 Å². The number of nitrogens with one attached hydrogen (secondary N) is 2. The highest BCUT2D eigenvalue weighted by Crippen LogP contribution is 2.40. The predicted molar refractivity (Wildman–Crippen MR) is 165 cm³/mol. The van der Waals surface area contributed by atoms with Crippen LogP contribution in [0.15, 0.2) is 53.1 Å². The van der Waals surface area contributed by atoms with E-state index in [2.05, 4.69) is 19.6 Å². The number of rotatable bonds is 8. The Balaban J connectivity index is 1.57. The maximum absolute atomic E-state index is 12.1. The van der Waals surface area contributed by atoms with Crippen LogP contribution in [0.2, 0.25) is 0 Å². The van der Waals surface area contributed by atoms with Gasteiger partial charge < -0.3 is 5.11 Å². The third kappa shape index (κ3) is 6.01. The molecule has 1 aromatic carbocycles. The summed E-state index contributed by atoms with van der Waals surface area (Å²) in [7, 11) is -7.87. The van der Waals surface area contributed by atoms with Gasteiger partial charge in [-0.1, -0.05) is 36.4 Å². The van der Waals surface area contributed by atoms with Crippen LogP contribution in [0.3, 0.4) is 0 Å². The van der Waals surface area contributed by atoms with Gasteiger partial charge in [0.1, 0.15) is 22.5 Å². The molecule has 5 rings (SSSR count). The van der Waals surface area contributed by atoms with E-state index in [1.165, 1.54) is 12.2 Å². The van der Waals surface area contributed by atoms with Crippen LogP contribution < -0.4 is 9.44 Å². The molecule has 0 radical (unpaired) electrons. The highest BCUT2D eigenvalue weighted by atomic mass is 32.2. The van der Waals surface area contributed by atoms with Gasteiger partial charge in [-0.15, -0.1) is 21.5 Å². The first kappa shape index (κ1) is 31.4. The number of aryl methyl sites for hydroxylation is 2. The molecule has 2 aliphatic rings. The zero-order valence-corrected chi connectivity index (χ0v) is 26.8. The van der Waals surface area contributed by atoms with Crippen molar-refractivity contribution in [2.24, 2.45) is 4.99 Å². The molecule has 2 unspecified atom stereocenters. The zero-order chi connectivity index (χ0) is 32.2. The van der Waals surface area contributed by atoms with Crippen LogP contribution in [0.1, 0.15) is 57.2 Å². The number of aromatic nitrogens is 3. The summed E-state index contributed by atoms with van der Waals surface area (Å²) in [6.45, 7) is 5.82. The van der Waals surface area contributed by atoms with E-state index in [0.29, 0.717) is 17.4 Å². The Labute approximate surface area is 258 Å². The van der Waals surface area contributed by atoms with E-state index in [1.54, 1.807) is 17.4 Å². The number of carbonyl (C=O) groups is 1. The van der Waals surface area contributed by atoms with E-state index in [-0.39, 0.29) is 12.0 Å². The Hall–Kier alpha value is -4.01. The number of nitrogens with zero attached hydrogens (tertiary/aromatic N) is 5. The Morgan fingerprint density at radius 1 is 1.09 bits per heavy atom. The Kier molecular flexibility index (Phi) is 7.97. The molecule has 0 bridgehead atoms. The molecule has 1 aliphatic heterocycles. The maximum Gasteiger partial charge on any atom is 0.306 e. The molecule has 3 N–H and O–H groups in total. The monoisotopic (exact) mass is 655 g/mol. The van der Waals surface area contributed by atoms with Gasteiger partial charge in [0.05, 0.1) is 36.3 Å². The van der Waals surface area contributed by atoms with Gasteiger partial charge >= 0.3 is 5.97 Å². The van der Waals surface area contributed by atoms with Gasteiger partial charge in [0.15, 0.2) is 5.82 Å². The first-order valence-corrected chi connectivity index (χ1v) is 17.8. The molecule has 1 aliphatic carbocycles. The molecule has 3 heterocycles. The second kappa shape index (κ2) is 11.2. The topological polar surface area (TPSA) is 196 Å². The van der Waals surface area contributed by atoms with Crippen molar-refractivity contribution in [3.8, 4) is 11.1 Å². The summed E-state index contributed by atoms with van der Waals surface area (Å²) < 4.78 is 54.8. The van der Waals surface area contributed by atoms with Crippen LogP contribution in [0, 0.1) is 32.1 Å².